The van der Waals surface area contributed by atoms with E-state index >= 15 is 0 Å². The highest BCUT2D eigenvalue weighted by molar-refractivity contribution is 5.89. The molecule has 0 spiro atoms. The fraction of sp³-hybridized carbons (Fsp3) is 0.0714. The van der Waals surface area contributed by atoms with E-state index in [4.69, 9.17) is 5.11 Å². The van der Waals surface area contributed by atoms with Gasteiger partial charge in [-0.1, -0.05) is 12.1 Å². The number of rotatable bonds is 2. The molecule has 4 heteroatoms. The van der Waals surface area contributed by atoms with E-state index in [9.17, 15) is 13.6 Å². The number of hydrogen-bond acceptors (Lipinski definition) is 1. The maximum atomic E-state index is 13.7. The average molecular weight is 248 g/mol. The van der Waals surface area contributed by atoms with Crippen LogP contribution in [0.5, 0.6) is 0 Å². The van der Waals surface area contributed by atoms with E-state index in [2.05, 4.69) is 0 Å². The number of carboxylic acids is 1. The van der Waals surface area contributed by atoms with Crippen LogP contribution in [0.25, 0.3) is 11.1 Å². The Balaban J connectivity index is 2.58. The molecule has 0 atom stereocenters. The highest BCUT2D eigenvalue weighted by Gasteiger charge is 2.11. The molecule has 0 aliphatic heterocycles. The highest BCUT2D eigenvalue weighted by atomic mass is 19.1. The molecule has 2 rings (SSSR count). The molecule has 2 aromatic carbocycles. The SMILES string of the molecule is Cc1cc(-c2cccc(C(=O)O)c2)c(F)cc1F. The van der Waals surface area contributed by atoms with Gasteiger partial charge in [0.2, 0.25) is 0 Å². The van der Waals surface area contributed by atoms with Crippen LogP contribution in [0.4, 0.5) is 8.78 Å². The number of hydrogen-bond donors (Lipinski definition) is 1. The van der Waals surface area contributed by atoms with Gasteiger partial charge in [-0.3, -0.25) is 0 Å². The Morgan fingerprint density at radius 3 is 2.50 bits per heavy atom. The molecule has 0 aliphatic rings. The minimum atomic E-state index is -1.09. The van der Waals surface area contributed by atoms with Crippen LogP contribution in [0.2, 0.25) is 0 Å². The summed E-state index contributed by atoms with van der Waals surface area (Å²) in [5.74, 6) is -2.41. The lowest BCUT2D eigenvalue weighted by Crippen LogP contribution is -1.97. The van der Waals surface area contributed by atoms with E-state index in [1.807, 2.05) is 0 Å². The summed E-state index contributed by atoms with van der Waals surface area (Å²) in [6.45, 7) is 1.53. The normalized spacial score (nSPS) is 10.4. The predicted molar refractivity (Wildman–Crippen MR) is 63.5 cm³/mol. The first kappa shape index (κ1) is 12.2. The van der Waals surface area contributed by atoms with Gasteiger partial charge < -0.3 is 5.11 Å². The lowest BCUT2D eigenvalue weighted by atomic mass is 10.0. The maximum absolute atomic E-state index is 13.7. The zero-order valence-electron chi connectivity index (χ0n) is 9.58. The summed E-state index contributed by atoms with van der Waals surface area (Å²) in [4.78, 5) is 10.8. The zero-order chi connectivity index (χ0) is 13.3. The first-order valence-electron chi connectivity index (χ1n) is 5.28. The maximum Gasteiger partial charge on any atom is 0.335 e. The predicted octanol–water partition coefficient (Wildman–Crippen LogP) is 3.64. The minimum absolute atomic E-state index is 0.0638. The lowest BCUT2D eigenvalue weighted by molar-refractivity contribution is 0.0697. The van der Waals surface area contributed by atoms with Crippen LogP contribution in [0.3, 0.4) is 0 Å². The van der Waals surface area contributed by atoms with E-state index in [0.29, 0.717) is 11.1 Å². The van der Waals surface area contributed by atoms with E-state index in [1.54, 1.807) is 6.07 Å². The Bertz CT molecular complexity index is 621. The molecule has 0 saturated heterocycles. The summed E-state index contributed by atoms with van der Waals surface area (Å²) in [5, 5.41) is 8.87. The molecule has 0 saturated carbocycles. The van der Waals surface area contributed by atoms with Crippen molar-refractivity contribution in [3.05, 3.63) is 59.2 Å². The largest absolute Gasteiger partial charge is 0.478 e. The van der Waals surface area contributed by atoms with Gasteiger partial charge in [0.15, 0.2) is 0 Å². The van der Waals surface area contributed by atoms with Crippen molar-refractivity contribution in [2.75, 3.05) is 0 Å². The molecule has 0 aromatic heterocycles. The standard InChI is InChI=1S/C14H10F2O2/c1-8-5-11(13(16)7-12(8)15)9-3-2-4-10(6-9)14(17)18/h2-7H,1H3,(H,17,18). The minimum Gasteiger partial charge on any atom is -0.478 e. The van der Waals surface area contributed by atoms with Crippen LogP contribution in [0.1, 0.15) is 15.9 Å². The lowest BCUT2D eigenvalue weighted by Gasteiger charge is -2.07. The third-order valence-corrected chi connectivity index (χ3v) is 2.67. The Morgan fingerprint density at radius 1 is 1.11 bits per heavy atom. The van der Waals surface area contributed by atoms with Crippen molar-refractivity contribution in [3.63, 3.8) is 0 Å². The van der Waals surface area contributed by atoms with Crippen molar-refractivity contribution in [1.29, 1.82) is 0 Å². The molecule has 0 fully saturated rings. The molecule has 0 heterocycles. The van der Waals surface area contributed by atoms with Gasteiger partial charge in [-0.05, 0) is 36.2 Å². The Labute approximate surface area is 103 Å². The number of carbonyl (C=O) groups is 1. The van der Waals surface area contributed by atoms with Crippen molar-refractivity contribution < 1.29 is 18.7 Å². The quantitative estimate of drug-likeness (QED) is 0.880. The molecule has 0 aliphatic carbocycles. The summed E-state index contributed by atoms with van der Waals surface area (Å²) in [7, 11) is 0. The van der Waals surface area contributed by atoms with Gasteiger partial charge in [0, 0.05) is 11.6 Å². The molecule has 0 unspecified atom stereocenters. The zero-order valence-corrected chi connectivity index (χ0v) is 9.58. The monoisotopic (exact) mass is 248 g/mol. The fourth-order valence-corrected chi connectivity index (χ4v) is 1.70. The second kappa shape index (κ2) is 4.56. The average Bonchev–Trinajstić information content (AvgIpc) is 2.34. The van der Waals surface area contributed by atoms with Crippen LogP contribution in [0, 0.1) is 18.6 Å². The van der Waals surface area contributed by atoms with Gasteiger partial charge in [-0.2, -0.15) is 0 Å². The first-order chi connectivity index (χ1) is 8.49. The van der Waals surface area contributed by atoms with Crippen LogP contribution in [0.15, 0.2) is 36.4 Å². The molecular formula is C14H10F2O2. The van der Waals surface area contributed by atoms with E-state index in [-0.39, 0.29) is 11.1 Å². The summed E-state index contributed by atoms with van der Waals surface area (Å²) >= 11 is 0. The van der Waals surface area contributed by atoms with Gasteiger partial charge in [0.25, 0.3) is 0 Å². The molecule has 0 bridgehead atoms. The molecule has 2 nitrogen and oxygen atoms in total. The number of aromatic carboxylic acids is 1. The van der Waals surface area contributed by atoms with Crippen molar-refractivity contribution >= 4 is 5.97 Å². The molecule has 0 radical (unpaired) electrons. The van der Waals surface area contributed by atoms with Crippen molar-refractivity contribution in [1.82, 2.24) is 0 Å². The number of benzene rings is 2. The van der Waals surface area contributed by atoms with Crippen LogP contribution < -0.4 is 0 Å². The molecule has 0 amide bonds. The summed E-state index contributed by atoms with van der Waals surface area (Å²) in [6, 6.07) is 8.06. The molecule has 92 valence electrons. The Morgan fingerprint density at radius 2 is 1.83 bits per heavy atom. The van der Waals surface area contributed by atoms with Crippen LogP contribution >= 0.6 is 0 Å². The van der Waals surface area contributed by atoms with E-state index in [0.717, 1.165) is 6.07 Å². The van der Waals surface area contributed by atoms with Gasteiger partial charge in [0.1, 0.15) is 11.6 Å². The highest BCUT2D eigenvalue weighted by Crippen LogP contribution is 2.26. The van der Waals surface area contributed by atoms with Gasteiger partial charge in [-0.25, -0.2) is 13.6 Å². The van der Waals surface area contributed by atoms with Gasteiger partial charge >= 0.3 is 5.97 Å². The van der Waals surface area contributed by atoms with E-state index in [1.165, 1.54) is 31.2 Å². The topological polar surface area (TPSA) is 37.3 Å². The van der Waals surface area contributed by atoms with Gasteiger partial charge in [-0.15, -0.1) is 0 Å². The number of halogens is 2. The summed E-state index contributed by atoms with van der Waals surface area (Å²) in [6.07, 6.45) is 0. The second-order valence-corrected chi connectivity index (χ2v) is 3.97. The van der Waals surface area contributed by atoms with Gasteiger partial charge in [0.05, 0.1) is 5.56 Å². The second-order valence-electron chi connectivity index (χ2n) is 3.97. The molecule has 18 heavy (non-hydrogen) atoms. The third kappa shape index (κ3) is 2.22. The number of aryl methyl sites for hydroxylation is 1. The van der Waals surface area contributed by atoms with Crippen LogP contribution in [-0.4, -0.2) is 11.1 Å². The van der Waals surface area contributed by atoms with E-state index < -0.39 is 17.6 Å². The fourth-order valence-electron chi connectivity index (χ4n) is 1.70. The molecule has 2 aromatic rings. The third-order valence-electron chi connectivity index (χ3n) is 2.67. The van der Waals surface area contributed by atoms with Crippen LogP contribution in [-0.2, 0) is 0 Å². The Hall–Kier alpha value is -2.23. The molecule has 1 N–H and O–H groups in total. The summed E-state index contributed by atoms with van der Waals surface area (Å²) in [5.41, 5.74) is 0.980. The number of carboxylic acid groups (broad SMARTS) is 1. The van der Waals surface area contributed by atoms with Crippen molar-refractivity contribution in [2.45, 2.75) is 6.92 Å². The smallest absolute Gasteiger partial charge is 0.335 e. The van der Waals surface area contributed by atoms with Crippen molar-refractivity contribution in [2.24, 2.45) is 0 Å². The first-order valence-corrected chi connectivity index (χ1v) is 5.28. The summed E-state index contributed by atoms with van der Waals surface area (Å²) < 4.78 is 26.8. The molecular weight excluding hydrogens is 238 g/mol. The Kier molecular flexibility index (Phi) is 3.10. The van der Waals surface area contributed by atoms with Crippen molar-refractivity contribution in [3.8, 4) is 11.1 Å².